The highest BCUT2D eigenvalue weighted by Gasteiger charge is 2.23. The Morgan fingerprint density at radius 1 is 1.39 bits per heavy atom. The van der Waals surface area contributed by atoms with Crippen LogP contribution in [0.15, 0.2) is 42.7 Å². The third kappa shape index (κ3) is 3.62. The fraction of sp³-hybridized carbons (Fsp3) is 0.333. The number of para-hydroxylation sites is 1. The van der Waals surface area contributed by atoms with Crippen LogP contribution in [0.5, 0.6) is 5.75 Å². The number of hydrogen-bond donors (Lipinski definition) is 1. The van der Waals surface area contributed by atoms with Gasteiger partial charge in [-0.1, -0.05) is 18.2 Å². The van der Waals surface area contributed by atoms with Crippen molar-refractivity contribution in [1.29, 1.82) is 0 Å². The molecule has 2 heterocycles. The smallest absolute Gasteiger partial charge is 0.318 e. The van der Waals surface area contributed by atoms with Crippen molar-refractivity contribution in [2.24, 2.45) is 0 Å². The van der Waals surface area contributed by atoms with Crippen LogP contribution in [0.25, 0.3) is 0 Å². The Hall–Kier alpha value is -2.56. The molecule has 5 heteroatoms. The van der Waals surface area contributed by atoms with E-state index in [1.165, 1.54) is 0 Å². The number of ether oxygens (including phenoxy) is 1. The zero-order valence-corrected chi connectivity index (χ0v) is 13.5. The number of urea groups is 1. The number of hydrogen-bond acceptors (Lipinski definition) is 3. The third-order valence-corrected chi connectivity index (χ3v) is 4.00. The number of rotatable bonds is 2. The van der Waals surface area contributed by atoms with E-state index in [4.69, 9.17) is 4.74 Å². The molecule has 1 N–H and O–H groups in total. The van der Waals surface area contributed by atoms with Gasteiger partial charge in [0.1, 0.15) is 11.9 Å². The molecule has 1 aromatic heterocycles. The minimum Gasteiger partial charge on any atom is -0.489 e. The first kappa shape index (κ1) is 15.3. The largest absolute Gasteiger partial charge is 0.489 e. The van der Waals surface area contributed by atoms with E-state index in [1.807, 2.05) is 44.2 Å². The molecule has 1 atom stereocenters. The van der Waals surface area contributed by atoms with E-state index >= 15 is 0 Å². The molecule has 0 radical (unpaired) electrons. The second kappa shape index (κ2) is 6.69. The summed E-state index contributed by atoms with van der Waals surface area (Å²) in [5.41, 5.74) is 3.18. The lowest BCUT2D eigenvalue weighted by molar-refractivity contribution is 0.158. The Balaban J connectivity index is 1.68. The van der Waals surface area contributed by atoms with Crippen molar-refractivity contribution in [3.8, 4) is 5.75 Å². The van der Waals surface area contributed by atoms with E-state index in [0.717, 1.165) is 22.4 Å². The summed E-state index contributed by atoms with van der Waals surface area (Å²) < 4.78 is 5.89. The number of nitrogens with one attached hydrogen (secondary N) is 1. The first-order valence-electron chi connectivity index (χ1n) is 7.80. The molecule has 0 spiro atoms. The minimum absolute atomic E-state index is 0.0375. The summed E-state index contributed by atoms with van der Waals surface area (Å²) in [7, 11) is 0. The number of fused-ring (bicyclic) bond motifs is 1. The Morgan fingerprint density at radius 2 is 2.22 bits per heavy atom. The van der Waals surface area contributed by atoms with Gasteiger partial charge in [-0.2, -0.15) is 0 Å². The lowest BCUT2D eigenvalue weighted by Crippen LogP contribution is -2.42. The molecule has 5 nitrogen and oxygen atoms in total. The van der Waals surface area contributed by atoms with Crippen molar-refractivity contribution in [3.63, 3.8) is 0 Å². The highest BCUT2D eigenvalue weighted by Crippen LogP contribution is 2.24. The van der Waals surface area contributed by atoms with Crippen LogP contribution in [0.1, 0.15) is 23.6 Å². The quantitative estimate of drug-likeness (QED) is 0.928. The Morgan fingerprint density at radius 3 is 3.04 bits per heavy atom. The summed E-state index contributed by atoms with van der Waals surface area (Å²) in [6.07, 6.45) is 3.51. The highest BCUT2D eigenvalue weighted by atomic mass is 16.5. The fourth-order valence-corrected chi connectivity index (χ4v) is 2.70. The van der Waals surface area contributed by atoms with Crippen molar-refractivity contribution >= 4 is 6.03 Å². The average molecular weight is 311 g/mol. The molecular formula is C18H21N3O2. The minimum atomic E-state index is -0.0830. The summed E-state index contributed by atoms with van der Waals surface area (Å²) in [4.78, 5) is 18.4. The average Bonchev–Trinajstić information content (AvgIpc) is 2.71. The number of carbonyl (C=O) groups excluding carboxylic acids is 1. The molecule has 1 aliphatic rings. The van der Waals surface area contributed by atoms with Crippen LogP contribution in [0.4, 0.5) is 4.79 Å². The van der Waals surface area contributed by atoms with E-state index in [1.54, 1.807) is 17.3 Å². The highest BCUT2D eigenvalue weighted by molar-refractivity contribution is 5.74. The standard InChI is InChI=1S/C18H21N3O2/c1-13-7-8-19-9-16(13)10-20-18(22)21-11-14(2)23-17-6-4-3-5-15(17)12-21/h3-9,14H,10-12H2,1-2H3,(H,20,22). The molecule has 0 bridgehead atoms. The zero-order valence-electron chi connectivity index (χ0n) is 13.5. The van der Waals surface area contributed by atoms with Gasteiger partial charge in [0.25, 0.3) is 0 Å². The van der Waals surface area contributed by atoms with Crippen LogP contribution in [-0.2, 0) is 13.1 Å². The van der Waals surface area contributed by atoms with Crippen LogP contribution < -0.4 is 10.1 Å². The summed E-state index contributed by atoms with van der Waals surface area (Å²) in [5, 5.41) is 2.98. The van der Waals surface area contributed by atoms with Crippen LogP contribution in [0.2, 0.25) is 0 Å². The number of amides is 2. The van der Waals surface area contributed by atoms with Crippen molar-refractivity contribution in [3.05, 3.63) is 59.4 Å². The Kier molecular flexibility index (Phi) is 4.46. The summed E-state index contributed by atoms with van der Waals surface area (Å²) in [6.45, 7) is 5.59. The molecule has 1 aliphatic heterocycles. The maximum atomic E-state index is 12.5. The van der Waals surface area contributed by atoms with Gasteiger partial charge in [0.15, 0.2) is 0 Å². The first-order valence-corrected chi connectivity index (χ1v) is 7.80. The van der Waals surface area contributed by atoms with Crippen LogP contribution in [0.3, 0.4) is 0 Å². The molecule has 3 rings (SSSR count). The molecule has 0 saturated heterocycles. The zero-order chi connectivity index (χ0) is 16.2. The predicted molar refractivity (Wildman–Crippen MR) is 88.2 cm³/mol. The molecular weight excluding hydrogens is 290 g/mol. The normalized spacial score (nSPS) is 17.0. The summed E-state index contributed by atoms with van der Waals surface area (Å²) in [5.74, 6) is 0.860. The van der Waals surface area contributed by atoms with Crippen LogP contribution in [-0.4, -0.2) is 28.6 Å². The second-order valence-electron chi connectivity index (χ2n) is 5.88. The fourth-order valence-electron chi connectivity index (χ4n) is 2.70. The third-order valence-electron chi connectivity index (χ3n) is 4.00. The van der Waals surface area contributed by atoms with Crippen molar-refractivity contribution in [2.75, 3.05) is 6.54 Å². The van der Waals surface area contributed by atoms with Gasteiger partial charge in [-0.25, -0.2) is 4.79 Å². The van der Waals surface area contributed by atoms with Crippen molar-refractivity contribution in [2.45, 2.75) is 33.0 Å². The van der Waals surface area contributed by atoms with Gasteiger partial charge in [0.05, 0.1) is 13.1 Å². The summed E-state index contributed by atoms with van der Waals surface area (Å²) in [6, 6.07) is 9.73. The number of aromatic nitrogens is 1. The van der Waals surface area contributed by atoms with Gasteiger partial charge < -0.3 is 15.0 Å². The topological polar surface area (TPSA) is 54.5 Å². The van der Waals surface area contributed by atoms with E-state index < -0.39 is 0 Å². The van der Waals surface area contributed by atoms with Crippen LogP contribution >= 0.6 is 0 Å². The first-order chi connectivity index (χ1) is 11.1. The van der Waals surface area contributed by atoms with E-state index in [9.17, 15) is 4.79 Å². The van der Waals surface area contributed by atoms with Gasteiger partial charge in [0, 0.05) is 24.5 Å². The molecule has 120 valence electrons. The van der Waals surface area contributed by atoms with Crippen molar-refractivity contribution < 1.29 is 9.53 Å². The van der Waals surface area contributed by atoms with E-state index in [2.05, 4.69) is 10.3 Å². The summed E-state index contributed by atoms with van der Waals surface area (Å²) >= 11 is 0. The molecule has 1 unspecified atom stereocenters. The molecule has 0 aliphatic carbocycles. The van der Waals surface area contributed by atoms with Crippen molar-refractivity contribution in [1.82, 2.24) is 15.2 Å². The van der Waals surface area contributed by atoms with Gasteiger partial charge in [-0.3, -0.25) is 4.98 Å². The van der Waals surface area contributed by atoms with Crippen LogP contribution in [0, 0.1) is 6.92 Å². The number of benzene rings is 1. The monoisotopic (exact) mass is 311 g/mol. The molecule has 2 amide bonds. The Labute approximate surface area is 136 Å². The Bertz CT molecular complexity index is 702. The number of carbonyl (C=O) groups is 1. The SMILES string of the molecule is Cc1ccncc1CNC(=O)N1Cc2ccccc2OC(C)C1. The lowest BCUT2D eigenvalue weighted by Gasteiger charge is -2.22. The maximum Gasteiger partial charge on any atom is 0.318 e. The van der Waals surface area contributed by atoms with E-state index in [-0.39, 0.29) is 12.1 Å². The second-order valence-corrected chi connectivity index (χ2v) is 5.88. The van der Waals surface area contributed by atoms with Gasteiger partial charge in [-0.15, -0.1) is 0 Å². The molecule has 0 fully saturated rings. The molecule has 0 saturated carbocycles. The number of aryl methyl sites for hydroxylation is 1. The maximum absolute atomic E-state index is 12.5. The number of nitrogens with zero attached hydrogens (tertiary/aromatic N) is 2. The van der Waals surface area contributed by atoms with Gasteiger partial charge in [0.2, 0.25) is 0 Å². The predicted octanol–water partition coefficient (Wildman–Crippen LogP) is 2.88. The van der Waals surface area contributed by atoms with E-state index in [0.29, 0.717) is 19.6 Å². The molecule has 1 aromatic carbocycles. The lowest BCUT2D eigenvalue weighted by atomic mass is 10.1. The van der Waals surface area contributed by atoms with Gasteiger partial charge >= 0.3 is 6.03 Å². The molecule has 23 heavy (non-hydrogen) atoms. The molecule has 2 aromatic rings. The number of pyridine rings is 1. The van der Waals surface area contributed by atoms with Gasteiger partial charge in [-0.05, 0) is 37.1 Å².